The summed E-state index contributed by atoms with van der Waals surface area (Å²) < 4.78 is 10.0. The van der Waals surface area contributed by atoms with Gasteiger partial charge in [-0.1, -0.05) is 12.1 Å². The monoisotopic (exact) mass is 312 g/mol. The standard InChI is InChI=1S/C16H12N2O5/c1-9(18)11(7-17)13(20)8-22-16(21)15-6-12(19)10-4-2-3-5-14(10)23-15/h2-6H,8,18H2,1H3/b11-9+. The summed E-state index contributed by atoms with van der Waals surface area (Å²) in [5.41, 5.74) is 4.96. The van der Waals surface area contributed by atoms with Crippen molar-refractivity contribution in [2.75, 3.05) is 6.61 Å². The summed E-state index contributed by atoms with van der Waals surface area (Å²) in [4.78, 5) is 35.5. The van der Waals surface area contributed by atoms with Crippen molar-refractivity contribution >= 4 is 22.7 Å². The molecular formula is C16H12N2O5. The third-order valence-corrected chi connectivity index (χ3v) is 2.96. The minimum atomic E-state index is -0.979. The zero-order chi connectivity index (χ0) is 17.0. The predicted octanol–water partition coefficient (Wildman–Crippen LogP) is 1.28. The number of hydrogen-bond acceptors (Lipinski definition) is 7. The highest BCUT2D eigenvalue weighted by Gasteiger charge is 2.18. The summed E-state index contributed by atoms with van der Waals surface area (Å²) >= 11 is 0. The summed E-state index contributed by atoms with van der Waals surface area (Å²) in [6, 6.07) is 9.05. The Kier molecular flexibility index (Phi) is 4.57. The Labute approximate surface area is 130 Å². The lowest BCUT2D eigenvalue weighted by Gasteiger charge is -2.04. The maximum Gasteiger partial charge on any atom is 0.374 e. The van der Waals surface area contributed by atoms with E-state index in [-0.39, 0.29) is 22.6 Å². The Hall–Kier alpha value is -3.40. The Morgan fingerprint density at radius 1 is 1.35 bits per heavy atom. The van der Waals surface area contributed by atoms with Crippen molar-refractivity contribution in [3.63, 3.8) is 0 Å². The number of para-hydroxylation sites is 1. The molecule has 0 aliphatic heterocycles. The van der Waals surface area contributed by atoms with Gasteiger partial charge in [-0.05, 0) is 19.1 Å². The number of nitrogens with zero attached hydrogens (tertiary/aromatic N) is 1. The first-order valence-corrected chi connectivity index (χ1v) is 6.53. The van der Waals surface area contributed by atoms with Crippen LogP contribution in [-0.2, 0) is 9.53 Å². The number of fused-ring (bicyclic) bond motifs is 1. The largest absolute Gasteiger partial charge is 0.451 e. The molecule has 0 aliphatic carbocycles. The smallest absolute Gasteiger partial charge is 0.374 e. The third-order valence-electron chi connectivity index (χ3n) is 2.96. The molecule has 1 heterocycles. The number of Topliss-reactive ketones (excluding diaryl/α,β-unsaturated/α-hetero) is 1. The second-order valence-electron chi connectivity index (χ2n) is 4.64. The summed E-state index contributed by atoms with van der Waals surface area (Å²) in [5, 5.41) is 9.12. The van der Waals surface area contributed by atoms with Gasteiger partial charge in [0.15, 0.2) is 12.0 Å². The van der Waals surface area contributed by atoms with Crippen molar-refractivity contribution in [1.82, 2.24) is 0 Å². The Balaban J connectivity index is 2.19. The number of allylic oxidation sites excluding steroid dienone is 1. The van der Waals surface area contributed by atoms with Gasteiger partial charge in [-0.3, -0.25) is 9.59 Å². The lowest BCUT2D eigenvalue weighted by molar-refractivity contribution is -0.118. The van der Waals surface area contributed by atoms with E-state index in [1.165, 1.54) is 13.0 Å². The number of esters is 1. The fraction of sp³-hybridized carbons (Fsp3) is 0.125. The van der Waals surface area contributed by atoms with E-state index in [1.807, 2.05) is 0 Å². The predicted molar refractivity (Wildman–Crippen MR) is 80.3 cm³/mol. The van der Waals surface area contributed by atoms with Gasteiger partial charge >= 0.3 is 5.97 Å². The number of benzene rings is 1. The molecule has 7 nitrogen and oxygen atoms in total. The van der Waals surface area contributed by atoms with E-state index in [0.717, 1.165) is 6.07 Å². The van der Waals surface area contributed by atoms with Crippen LogP contribution in [0, 0.1) is 11.3 Å². The van der Waals surface area contributed by atoms with Crippen LogP contribution in [0.15, 0.2) is 50.8 Å². The van der Waals surface area contributed by atoms with E-state index >= 15 is 0 Å². The molecule has 1 aromatic carbocycles. The van der Waals surface area contributed by atoms with Crippen LogP contribution in [0.2, 0.25) is 0 Å². The molecule has 23 heavy (non-hydrogen) atoms. The molecule has 1 aromatic heterocycles. The molecule has 0 spiro atoms. The van der Waals surface area contributed by atoms with Crippen molar-refractivity contribution in [1.29, 1.82) is 5.26 Å². The molecular weight excluding hydrogens is 300 g/mol. The van der Waals surface area contributed by atoms with E-state index in [9.17, 15) is 14.4 Å². The molecule has 2 rings (SSSR count). The molecule has 0 aliphatic rings. The molecule has 0 saturated heterocycles. The molecule has 0 atom stereocenters. The minimum Gasteiger partial charge on any atom is -0.451 e. The average Bonchev–Trinajstić information content (AvgIpc) is 2.52. The van der Waals surface area contributed by atoms with E-state index in [2.05, 4.69) is 0 Å². The second kappa shape index (κ2) is 6.58. The summed E-state index contributed by atoms with van der Waals surface area (Å²) in [6.45, 7) is 0.716. The molecule has 0 bridgehead atoms. The van der Waals surface area contributed by atoms with Gasteiger partial charge in [-0.15, -0.1) is 0 Å². The first kappa shape index (κ1) is 16.0. The highest BCUT2D eigenvalue weighted by atomic mass is 16.5. The van der Waals surface area contributed by atoms with Crippen LogP contribution in [-0.4, -0.2) is 18.4 Å². The highest BCUT2D eigenvalue weighted by Crippen LogP contribution is 2.12. The summed E-state index contributed by atoms with van der Waals surface area (Å²) in [6.07, 6.45) is 0. The van der Waals surface area contributed by atoms with Crippen LogP contribution in [0.25, 0.3) is 11.0 Å². The number of nitriles is 1. The number of hydrogen-bond donors (Lipinski definition) is 1. The van der Waals surface area contributed by atoms with Crippen LogP contribution in [0.1, 0.15) is 17.5 Å². The van der Waals surface area contributed by atoms with Gasteiger partial charge in [-0.2, -0.15) is 5.26 Å². The number of rotatable bonds is 4. The number of carbonyl (C=O) groups excluding carboxylic acids is 2. The van der Waals surface area contributed by atoms with Crippen molar-refractivity contribution in [2.24, 2.45) is 5.73 Å². The number of carbonyl (C=O) groups is 2. The summed E-state index contributed by atoms with van der Waals surface area (Å²) in [5.74, 6) is -2.04. The van der Waals surface area contributed by atoms with E-state index in [4.69, 9.17) is 20.1 Å². The van der Waals surface area contributed by atoms with Crippen molar-refractivity contribution < 1.29 is 18.7 Å². The lowest BCUT2D eigenvalue weighted by Crippen LogP contribution is -2.18. The molecule has 0 radical (unpaired) electrons. The van der Waals surface area contributed by atoms with Gasteiger partial charge in [0.05, 0.1) is 5.39 Å². The average molecular weight is 312 g/mol. The molecule has 2 aromatic rings. The van der Waals surface area contributed by atoms with Crippen molar-refractivity contribution in [3.05, 3.63) is 57.6 Å². The maximum absolute atomic E-state index is 11.9. The second-order valence-corrected chi connectivity index (χ2v) is 4.64. The van der Waals surface area contributed by atoms with E-state index < -0.39 is 23.8 Å². The molecule has 116 valence electrons. The van der Waals surface area contributed by atoms with Crippen molar-refractivity contribution in [2.45, 2.75) is 6.92 Å². The minimum absolute atomic E-state index is 0.0331. The zero-order valence-electron chi connectivity index (χ0n) is 12.2. The fourth-order valence-electron chi connectivity index (χ4n) is 1.85. The van der Waals surface area contributed by atoms with Crippen LogP contribution < -0.4 is 11.2 Å². The van der Waals surface area contributed by atoms with Gasteiger partial charge in [-0.25, -0.2) is 4.79 Å². The third kappa shape index (κ3) is 3.44. The molecule has 0 unspecified atom stereocenters. The first-order valence-electron chi connectivity index (χ1n) is 6.53. The molecule has 2 N–H and O–H groups in total. The SMILES string of the molecule is C/C(N)=C(/C#N)C(=O)COC(=O)c1cc(=O)c2ccccc2o1. The van der Waals surface area contributed by atoms with Gasteiger partial charge < -0.3 is 14.9 Å². The van der Waals surface area contributed by atoms with E-state index in [1.54, 1.807) is 24.3 Å². The Morgan fingerprint density at radius 3 is 2.70 bits per heavy atom. The number of ketones is 1. The molecule has 0 amide bonds. The first-order chi connectivity index (χ1) is 10.9. The van der Waals surface area contributed by atoms with Crippen molar-refractivity contribution in [3.8, 4) is 6.07 Å². The van der Waals surface area contributed by atoms with Crippen LogP contribution >= 0.6 is 0 Å². The van der Waals surface area contributed by atoms with Gasteiger partial charge in [0.1, 0.15) is 17.2 Å². The molecule has 7 heteroatoms. The van der Waals surface area contributed by atoms with Gasteiger partial charge in [0.25, 0.3) is 0 Å². The highest BCUT2D eigenvalue weighted by molar-refractivity contribution is 6.02. The topological polar surface area (TPSA) is 123 Å². The lowest BCUT2D eigenvalue weighted by atomic mass is 10.1. The Bertz CT molecular complexity index is 914. The maximum atomic E-state index is 11.9. The van der Waals surface area contributed by atoms with Gasteiger partial charge in [0.2, 0.25) is 11.5 Å². The fourth-order valence-corrected chi connectivity index (χ4v) is 1.85. The number of nitrogens with two attached hydrogens (primary N) is 1. The quantitative estimate of drug-likeness (QED) is 0.512. The molecule has 0 saturated carbocycles. The molecule has 0 fully saturated rings. The van der Waals surface area contributed by atoms with Crippen LogP contribution in [0.3, 0.4) is 0 Å². The van der Waals surface area contributed by atoms with Crippen LogP contribution in [0.5, 0.6) is 0 Å². The Morgan fingerprint density at radius 2 is 2.04 bits per heavy atom. The zero-order valence-corrected chi connectivity index (χ0v) is 12.2. The van der Waals surface area contributed by atoms with Crippen LogP contribution in [0.4, 0.5) is 0 Å². The summed E-state index contributed by atoms with van der Waals surface area (Å²) in [7, 11) is 0. The number of ether oxygens (including phenoxy) is 1. The van der Waals surface area contributed by atoms with Gasteiger partial charge in [0, 0.05) is 11.8 Å². The normalized spacial score (nSPS) is 11.5. The van der Waals surface area contributed by atoms with E-state index in [0.29, 0.717) is 5.39 Å².